The standard InChI is InChI=1S/C21H22N4O3/c1-15-7-9-22-17(13-15)18-14-16(8-10-23-18)3-2-4-19(26)24-11-12-25-20(27)5-6-21(25)28/h5-10,13-14H,2-4,11-12H2,1H3,(H,24,26). The molecule has 1 aliphatic heterocycles. The van der Waals surface area contributed by atoms with Crippen LogP contribution < -0.4 is 5.32 Å². The molecule has 0 saturated heterocycles. The van der Waals surface area contributed by atoms with Gasteiger partial charge in [0, 0.05) is 44.1 Å². The Morgan fingerprint density at radius 3 is 2.43 bits per heavy atom. The highest BCUT2D eigenvalue weighted by Crippen LogP contribution is 2.17. The van der Waals surface area contributed by atoms with E-state index < -0.39 is 0 Å². The molecule has 1 aliphatic rings. The van der Waals surface area contributed by atoms with Gasteiger partial charge in [-0.05, 0) is 55.2 Å². The van der Waals surface area contributed by atoms with E-state index in [4.69, 9.17) is 0 Å². The topological polar surface area (TPSA) is 92.3 Å². The lowest BCUT2D eigenvalue weighted by Gasteiger charge is -2.14. The fourth-order valence-corrected chi connectivity index (χ4v) is 2.95. The average Bonchev–Trinajstić information content (AvgIpc) is 3.00. The number of nitrogens with one attached hydrogen (secondary N) is 1. The summed E-state index contributed by atoms with van der Waals surface area (Å²) in [6, 6.07) is 7.87. The maximum absolute atomic E-state index is 12.0. The first-order valence-electron chi connectivity index (χ1n) is 9.21. The van der Waals surface area contributed by atoms with E-state index in [0.717, 1.165) is 33.8 Å². The second kappa shape index (κ2) is 9.03. The molecule has 7 heteroatoms. The van der Waals surface area contributed by atoms with Crippen molar-refractivity contribution in [3.63, 3.8) is 0 Å². The van der Waals surface area contributed by atoms with Gasteiger partial charge in [-0.2, -0.15) is 0 Å². The Bertz CT molecular complexity index is 905. The Morgan fingerprint density at radius 2 is 1.71 bits per heavy atom. The molecule has 3 amide bonds. The quantitative estimate of drug-likeness (QED) is 0.708. The van der Waals surface area contributed by atoms with Crippen molar-refractivity contribution in [3.05, 3.63) is 59.9 Å². The van der Waals surface area contributed by atoms with Gasteiger partial charge in [0.15, 0.2) is 0 Å². The van der Waals surface area contributed by atoms with Gasteiger partial charge < -0.3 is 5.32 Å². The summed E-state index contributed by atoms with van der Waals surface area (Å²) < 4.78 is 0. The minimum atomic E-state index is -0.337. The van der Waals surface area contributed by atoms with Crippen LogP contribution in [0, 0.1) is 6.92 Å². The summed E-state index contributed by atoms with van der Waals surface area (Å²) in [4.78, 5) is 44.7. The number of imide groups is 1. The van der Waals surface area contributed by atoms with Gasteiger partial charge in [0.05, 0.1) is 11.4 Å². The number of nitrogens with zero attached hydrogens (tertiary/aromatic N) is 3. The van der Waals surface area contributed by atoms with Gasteiger partial charge in [-0.1, -0.05) is 0 Å². The molecule has 0 atom stereocenters. The van der Waals surface area contributed by atoms with E-state index in [0.29, 0.717) is 12.8 Å². The first-order chi connectivity index (χ1) is 13.5. The fourth-order valence-electron chi connectivity index (χ4n) is 2.95. The number of aryl methyl sites for hydroxylation is 2. The Hall–Kier alpha value is -3.35. The van der Waals surface area contributed by atoms with Crippen LogP contribution in [0.5, 0.6) is 0 Å². The molecule has 0 aromatic carbocycles. The minimum absolute atomic E-state index is 0.0957. The number of hydrogen-bond acceptors (Lipinski definition) is 5. The van der Waals surface area contributed by atoms with Gasteiger partial charge >= 0.3 is 0 Å². The predicted octanol–water partition coefficient (Wildman–Crippen LogP) is 1.82. The van der Waals surface area contributed by atoms with Gasteiger partial charge in [0.2, 0.25) is 5.91 Å². The average molecular weight is 378 g/mol. The highest BCUT2D eigenvalue weighted by molar-refractivity contribution is 6.12. The zero-order chi connectivity index (χ0) is 19.9. The summed E-state index contributed by atoms with van der Waals surface area (Å²) in [7, 11) is 0. The lowest BCUT2D eigenvalue weighted by Crippen LogP contribution is -2.38. The Morgan fingerprint density at radius 1 is 1.04 bits per heavy atom. The molecule has 3 rings (SSSR count). The van der Waals surface area contributed by atoms with Crippen LogP contribution in [0.1, 0.15) is 24.0 Å². The van der Waals surface area contributed by atoms with Crippen LogP contribution in [-0.4, -0.2) is 45.7 Å². The van der Waals surface area contributed by atoms with Crippen molar-refractivity contribution in [3.8, 4) is 11.4 Å². The van der Waals surface area contributed by atoms with Crippen molar-refractivity contribution >= 4 is 17.7 Å². The zero-order valence-corrected chi connectivity index (χ0v) is 15.7. The fraction of sp³-hybridized carbons (Fsp3) is 0.286. The highest BCUT2D eigenvalue weighted by Gasteiger charge is 2.22. The van der Waals surface area contributed by atoms with Crippen molar-refractivity contribution in [1.82, 2.24) is 20.2 Å². The van der Waals surface area contributed by atoms with Crippen LogP contribution in [0.3, 0.4) is 0 Å². The first kappa shape index (κ1) is 19.4. The van der Waals surface area contributed by atoms with E-state index >= 15 is 0 Å². The molecule has 1 N–H and O–H groups in total. The summed E-state index contributed by atoms with van der Waals surface area (Å²) >= 11 is 0. The van der Waals surface area contributed by atoms with Crippen LogP contribution in [-0.2, 0) is 20.8 Å². The Labute approximate surface area is 163 Å². The molecular formula is C21H22N4O3. The molecule has 7 nitrogen and oxygen atoms in total. The molecule has 0 aliphatic carbocycles. The number of carbonyl (C=O) groups excluding carboxylic acids is 3. The van der Waals surface area contributed by atoms with E-state index in [9.17, 15) is 14.4 Å². The number of aromatic nitrogens is 2. The SMILES string of the molecule is Cc1ccnc(-c2cc(CCCC(=O)NCCN3C(=O)C=CC3=O)ccn2)c1. The van der Waals surface area contributed by atoms with Gasteiger partial charge in [0.1, 0.15) is 0 Å². The van der Waals surface area contributed by atoms with Gasteiger partial charge in [0.25, 0.3) is 11.8 Å². The van der Waals surface area contributed by atoms with Gasteiger partial charge in [-0.25, -0.2) is 0 Å². The lowest BCUT2D eigenvalue weighted by atomic mass is 10.1. The second-order valence-corrected chi connectivity index (χ2v) is 6.63. The summed E-state index contributed by atoms with van der Waals surface area (Å²) in [6.45, 7) is 2.46. The second-order valence-electron chi connectivity index (χ2n) is 6.63. The molecule has 144 valence electrons. The summed E-state index contributed by atoms with van der Waals surface area (Å²) in [5, 5.41) is 2.75. The van der Waals surface area contributed by atoms with Gasteiger partial charge in [-0.15, -0.1) is 0 Å². The van der Waals surface area contributed by atoms with Crippen molar-refractivity contribution in [2.75, 3.05) is 13.1 Å². The van der Waals surface area contributed by atoms with Crippen LogP contribution in [0.2, 0.25) is 0 Å². The lowest BCUT2D eigenvalue weighted by molar-refractivity contribution is -0.137. The van der Waals surface area contributed by atoms with Gasteiger partial charge in [-0.3, -0.25) is 29.3 Å². The van der Waals surface area contributed by atoms with Crippen LogP contribution in [0.25, 0.3) is 11.4 Å². The molecule has 2 aromatic heterocycles. The van der Waals surface area contributed by atoms with Crippen LogP contribution >= 0.6 is 0 Å². The number of pyridine rings is 2. The Balaban J connectivity index is 1.42. The first-order valence-corrected chi connectivity index (χ1v) is 9.21. The summed E-state index contributed by atoms with van der Waals surface area (Å²) in [6.07, 6.45) is 7.82. The van der Waals surface area contributed by atoms with Crippen molar-refractivity contribution in [2.24, 2.45) is 0 Å². The maximum atomic E-state index is 12.0. The summed E-state index contributed by atoms with van der Waals surface area (Å²) in [5.74, 6) is -0.770. The van der Waals surface area contributed by atoms with E-state index in [1.54, 1.807) is 12.4 Å². The van der Waals surface area contributed by atoms with Crippen molar-refractivity contribution in [1.29, 1.82) is 0 Å². The monoisotopic (exact) mass is 378 g/mol. The number of carbonyl (C=O) groups is 3. The largest absolute Gasteiger partial charge is 0.354 e. The number of amides is 3. The Kier molecular flexibility index (Phi) is 6.26. The number of hydrogen-bond donors (Lipinski definition) is 1. The normalized spacial score (nSPS) is 13.2. The molecule has 2 aromatic rings. The number of rotatable bonds is 8. The third kappa shape index (κ3) is 5.09. The smallest absolute Gasteiger partial charge is 0.253 e. The molecule has 0 bridgehead atoms. The molecule has 0 fully saturated rings. The van der Waals surface area contributed by atoms with Crippen LogP contribution in [0.15, 0.2) is 48.8 Å². The minimum Gasteiger partial charge on any atom is -0.354 e. The zero-order valence-electron chi connectivity index (χ0n) is 15.7. The van der Waals surface area contributed by atoms with Crippen molar-refractivity contribution < 1.29 is 14.4 Å². The van der Waals surface area contributed by atoms with E-state index in [1.807, 2.05) is 31.2 Å². The molecule has 0 radical (unpaired) electrons. The van der Waals surface area contributed by atoms with E-state index in [-0.39, 0.29) is 30.8 Å². The highest BCUT2D eigenvalue weighted by atomic mass is 16.2. The molecular weight excluding hydrogens is 356 g/mol. The molecule has 0 unspecified atom stereocenters. The van der Waals surface area contributed by atoms with Crippen molar-refractivity contribution in [2.45, 2.75) is 26.2 Å². The maximum Gasteiger partial charge on any atom is 0.253 e. The third-order valence-corrected chi connectivity index (χ3v) is 4.43. The molecule has 0 spiro atoms. The predicted molar refractivity (Wildman–Crippen MR) is 104 cm³/mol. The molecule has 0 saturated carbocycles. The van der Waals surface area contributed by atoms with Crippen LogP contribution in [0.4, 0.5) is 0 Å². The third-order valence-electron chi connectivity index (χ3n) is 4.43. The van der Waals surface area contributed by atoms with E-state index in [2.05, 4.69) is 15.3 Å². The summed E-state index contributed by atoms with van der Waals surface area (Å²) in [5.41, 5.74) is 3.88. The molecule has 28 heavy (non-hydrogen) atoms. The van der Waals surface area contributed by atoms with E-state index in [1.165, 1.54) is 12.2 Å². The molecule has 3 heterocycles.